The van der Waals surface area contributed by atoms with Crippen LogP contribution in [0.25, 0.3) is 0 Å². The number of rotatable bonds is 4. The number of allylic oxidation sites excluding steroid dienone is 1. The van der Waals surface area contributed by atoms with Crippen LogP contribution in [0, 0.1) is 11.3 Å². The molecule has 1 unspecified atom stereocenters. The lowest BCUT2D eigenvalue weighted by atomic mass is 9.92. The molecule has 0 bridgehead atoms. The van der Waals surface area contributed by atoms with Gasteiger partial charge in [-0.15, -0.1) is 11.8 Å². The minimum absolute atomic E-state index is 0.133. The highest BCUT2D eigenvalue weighted by Gasteiger charge is 2.33. The van der Waals surface area contributed by atoms with Crippen LogP contribution in [0.2, 0.25) is 0 Å². The lowest BCUT2D eigenvalue weighted by molar-refractivity contribution is 0.597. The summed E-state index contributed by atoms with van der Waals surface area (Å²) in [6.07, 6.45) is 4.32. The second kappa shape index (κ2) is 5.96. The Kier molecular flexibility index (Phi) is 5.22. The molecule has 0 radical (unpaired) electrons. The molecule has 0 fully saturated rings. The molecule has 0 aromatic rings. The Morgan fingerprint density at radius 1 is 1.40 bits per heavy atom. The third kappa shape index (κ3) is 3.53. The molecule has 1 aliphatic rings. The van der Waals surface area contributed by atoms with Crippen molar-refractivity contribution in [3.63, 3.8) is 0 Å². The summed E-state index contributed by atoms with van der Waals surface area (Å²) >= 11 is 5.27. The summed E-state index contributed by atoms with van der Waals surface area (Å²) < 4.78 is -0.133. The number of alkyl halides is 1. The van der Waals surface area contributed by atoms with Gasteiger partial charge in [-0.05, 0) is 33.1 Å². The van der Waals surface area contributed by atoms with E-state index in [2.05, 4.69) is 35.8 Å². The molecule has 0 spiro atoms. The highest BCUT2D eigenvalue weighted by atomic mass is 79.9. The Bertz CT molecular complexity index is 292. The summed E-state index contributed by atoms with van der Waals surface area (Å²) in [6.45, 7) is 4.35. The SMILES string of the molecule is CC1=C(C)CC(C#N)(CCCCBr)SC1. The monoisotopic (exact) mass is 287 g/mol. The predicted molar refractivity (Wildman–Crippen MR) is 71.4 cm³/mol. The average Bonchev–Trinajstić information content (AvgIpc) is 2.24. The highest BCUT2D eigenvalue weighted by Crippen LogP contribution is 2.42. The molecule has 15 heavy (non-hydrogen) atoms. The Labute approximate surface area is 105 Å². The lowest BCUT2D eigenvalue weighted by Crippen LogP contribution is -2.27. The Balaban J connectivity index is 2.60. The summed E-state index contributed by atoms with van der Waals surface area (Å²) in [5.74, 6) is 1.04. The molecule has 1 aliphatic heterocycles. The fourth-order valence-electron chi connectivity index (χ4n) is 1.79. The van der Waals surface area contributed by atoms with Gasteiger partial charge in [0.25, 0.3) is 0 Å². The van der Waals surface area contributed by atoms with Crippen molar-refractivity contribution in [3.05, 3.63) is 11.1 Å². The molecule has 1 rings (SSSR count). The lowest BCUT2D eigenvalue weighted by Gasteiger charge is -2.31. The summed E-state index contributed by atoms with van der Waals surface area (Å²) in [7, 11) is 0. The van der Waals surface area contributed by atoms with Crippen molar-refractivity contribution in [1.82, 2.24) is 0 Å². The number of unbranched alkanes of at least 4 members (excludes halogenated alkanes) is 1. The first-order valence-corrected chi connectivity index (χ1v) is 7.50. The Morgan fingerprint density at radius 3 is 2.67 bits per heavy atom. The maximum atomic E-state index is 9.34. The second-order valence-electron chi connectivity index (χ2n) is 4.28. The van der Waals surface area contributed by atoms with Crippen LogP contribution in [0.4, 0.5) is 0 Å². The van der Waals surface area contributed by atoms with E-state index in [-0.39, 0.29) is 4.75 Å². The van der Waals surface area contributed by atoms with Gasteiger partial charge in [0.05, 0.1) is 6.07 Å². The fraction of sp³-hybridized carbons (Fsp3) is 0.750. The van der Waals surface area contributed by atoms with Crippen LogP contribution >= 0.6 is 27.7 Å². The molecule has 1 heterocycles. The number of nitriles is 1. The Hall–Kier alpha value is 0.0600. The first-order chi connectivity index (χ1) is 7.13. The number of halogens is 1. The van der Waals surface area contributed by atoms with E-state index < -0.39 is 0 Å². The van der Waals surface area contributed by atoms with E-state index in [0.29, 0.717) is 0 Å². The van der Waals surface area contributed by atoms with E-state index in [1.54, 1.807) is 0 Å². The van der Waals surface area contributed by atoms with Gasteiger partial charge in [-0.3, -0.25) is 0 Å². The molecule has 0 saturated carbocycles. The summed E-state index contributed by atoms with van der Waals surface area (Å²) in [6, 6.07) is 2.54. The van der Waals surface area contributed by atoms with Crippen LogP contribution in [-0.2, 0) is 0 Å². The molecule has 3 heteroatoms. The minimum Gasteiger partial charge on any atom is -0.197 e. The van der Waals surface area contributed by atoms with Crippen LogP contribution in [0.3, 0.4) is 0 Å². The topological polar surface area (TPSA) is 23.8 Å². The van der Waals surface area contributed by atoms with Gasteiger partial charge in [0, 0.05) is 11.1 Å². The van der Waals surface area contributed by atoms with Crippen molar-refractivity contribution < 1.29 is 0 Å². The molecule has 84 valence electrons. The first kappa shape index (κ1) is 13.1. The van der Waals surface area contributed by atoms with E-state index in [9.17, 15) is 5.26 Å². The minimum atomic E-state index is -0.133. The largest absolute Gasteiger partial charge is 0.197 e. The zero-order valence-electron chi connectivity index (χ0n) is 9.48. The molecule has 0 amide bonds. The molecule has 1 nitrogen and oxygen atoms in total. The molecular weight excluding hydrogens is 270 g/mol. The van der Waals surface area contributed by atoms with Gasteiger partial charge in [-0.1, -0.05) is 33.5 Å². The van der Waals surface area contributed by atoms with Crippen LogP contribution in [0.1, 0.15) is 39.5 Å². The predicted octanol–water partition coefficient (Wildman–Crippen LogP) is 4.29. The van der Waals surface area contributed by atoms with Crippen molar-refractivity contribution in [2.24, 2.45) is 0 Å². The van der Waals surface area contributed by atoms with Gasteiger partial charge in [-0.2, -0.15) is 5.26 Å². The van der Waals surface area contributed by atoms with Crippen LogP contribution in [-0.4, -0.2) is 15.8 Å². The third-order valence-electron chi connectivity index (χ3n) is 3.01. The molecule has 0 aliphatic carbocycles. The number of hydrogen-bond donors (Lipinski definition) is 0. The maximum Gasteiger partial charge on any atom is 0.106 e. The van der Waals surface area contributed by atoms with Gasteiger partial charge >= 0.3 is 0 Å². The molecule has 0 aromatic heterocycles. The zero-order valence-corrected chi connectivity index (χ0v) is 11.9. The smallest absolute Gasteiger partial charge is 0.106 e. The summed E-state index contributed by atoms with van der Waals surface area (Å²) in [4.78, 5) is 0. The van der Waals surface area contributed by atoms with E-state index in [1.807, 2.05) is 11.8 Å². The van der Waals surface area contributed by atoms with E-state index in [4.69, 9.17) is 0 Å². The standard InChI is InChI=1S/C12H18BrNS/c1-10-7-12(9-14,5-3-4-6-13)15-8-11(10)2/h3-8H2,1-2H3. The van der Waals surface area contributed by atoms with Gasteiger partial charge in [0.15, 0.2) is 0 Å². The van der Waals surface area contributed by atoms with Crippen LogP contribution < -0.4 is 0 Å². The van der Waals surface area contributed by atoms with Crippen molar-refractivity contribution in [3.8, 4) is 6.07 Å². The second-order valence-corrected chi connectivity index (χ2v) is 6.43. The van der Waals surface area contributed by atoms with Crippen molar-refractivity contribution in [2.75, 3.05) is 11.1 Å². The van der Waals surface area contributed by atoms with Crippen LogP contribution in [0.5, 0.6) is 0 Å². The zero-order chi connectivity index (χ0) is 11.3. The highest BCUT2D eigenvalue weighted by molar-refractivity contribution is 9.09. The van der Waals surface area contributed by atoms with Crippen molar-refractivity contribution >= 4 is 27.7 Å². The Morgan fingerprint density at radius 2 is 2.13 bits per heavy atom. The van der Waals surface area contributed by atoms with E-state index in [0.717, 1.165) is 30.3 Å². The number of nitrogens with zero attached hydrogens (tertiary/aromatic N) is 1. The molecule has 0 saturated heterocycles. The number of thioether (sulfide) groups is 1. The molecule has 0 aromatic carbocycles. The normalized spacial score (nSPS) is 26.5. The quantitative estimate of drug-likeness (QED) is 0.438. The van der Waals surface area contributed by atoms with Crippen molar-refractivity contribution in [1.29, 1.82) is 5.26 Å². The first-order valence-electron chi connectivity index (χ1n) is 5.40. The van der Waals surface area contributed by atoms with Gasteiger partial charge in [-0.25, -0.2) is 0 Å². The molecular formula is C12H18BrNS. The maximum absolute atomic E-state index is 9.34. The third-order valence-corrected chi connectivity index (χ3v) is 5.14. The summed E-state index contributed by atoms with van der Waals surface area (Å²) in [5, 5.41) is 10.4. The van der Waals surface area contributed by atoms with E-state index in [1.165, 1.54) is 17.6 Å². The fourth-order valence-corrected chi connectivity index (χ4v) is 3.60. The average molecular weight is 288 g/mol. The van der Waals surface area contributed by atoms with Gasteiger partial charge in [0.2, 0.25) is 0 Å². The van der Waals surface area contributed by atoms with E-state index >= 15 is 0 Å². The van der Waals surface area contributed by atoms with Crippen molar-refractivity contribution in [2.45, 2.75) is 44.3 Å². The number of hydrogen-bond acceptors (Lipinski definition) is 2. The van der Waals surface area contributed by atoms with Gasteiger partial charge < -0.3 is 0 Å². The van der Waals surface area contributed by atoms with Gasteiger partial charge in [0.1, 0.15) is 4.75 Å². The van der Waals surface area contributed by atoms with Crippen LogP contribution in [0.15, 0.2) is 11.1 Å². The molecule has 0 N–H and O–H groups in total. The summed E-state index contributed by atoms with van der Waals surface area (Å²) in [5.41, 5.74) is 2.89. The molecule has 1 atom stereocenters.